The molecule has 0 nitrogen and oxygen atoms in total. The molecule has 0 heterocycles. The number of hydrogen-bond acceptors (Lipinski definition) is 0. The Labute approximate surface area is 97.8 Å². The van der Waals surface area contributed by atoms with Crippen LogP contribution in [0.1, 0.15) is 80.6 Å². The van der Waals surface area contributed by atoms with Gasteiger partial charge < -0.3 is 0 Å². The highest BCUT2D eigenvalue weighted by atomic mass is 14.4. The van der Waals surface area contributed by atoms with Crippen LogP contribution >= 0.6 is 0 Å². The second-order valence-corrected chi connectivity index (χ2v) is 5.98. The van der Waals surface area contributed by atoms with Crippen LogP contribution in [0.4, 0.5) is 0 Å². The Balaban J connectivity index is 4.52. The zero-order valence-corrected chi connectivity index (χ0v) is 12.1. The molecule has 0 radical (unpaired) electrons. The maximum absolute atomic E-state index is 2.46. The zero-order chi connectivity index (χ0) is 12.1. The molecular formula is C15H32. The molecule has 0 amide bonds. The third kappa shape index (κ3) is 3.81. The molecule has 92 valence electrons. The molecule has 1 unspecified atom stereocenters. The molecule has 1 atom stereocenters. The van der Waals surface area contributed by atoms with Gasteiger partial charge in [-0.25, -0.2) is 0 Å². The van der Waals surface area contributed by atoms with Gasteiger partial charge in [-0.1, -0.05) is 74.1 Å². The van der Waals surface area contributed by atoms with Crippen LogP contribution in [0.3, 0.4) is 0 Å². The largest absolute Gasteiger partial charge is 0.0649 e. The fraction of sp³-hybridized carbons (Fsp3) is 1.00. The van der Waals surface area contributed by atoms with Gasteiger partial charge in [0.15, 0.2) is 0 Å². The molecule has 0 aromatic heterocycles. The molecule has 0 aromatic carbocycles. The van der Waals surface area contributed by atoms with Crippen molar-refractivity contribution in [1.29, 1.82) is 0 Å². The molecule has 0 aliphatic heterocycles. The van der Waals surface area contributed by atoms with Crippen LogP contribution in [0.5, 0.6) is 0 Å². The van der Waals surface area contributed by atoms with Crippen molar-refractivity contribution in [2.24, 2.45) is 16.7 Å². The summed E-state index contributed by atoms with van der Waals surface area (Å²) in [7, 11) is 0. The normalized spacial score (nSPS) is 15.4. The topological polar surface area (TPSA) is 0 Å². The maximum Gasteiger partial charge on any atom is -0.0305 e. The van der Waals surface area contributed by atoms with Crippen LogP contribution in [0.25, 0.3) is 0 Å². The monoisotopic (exact) mass is 212 g/mol. The molecule has 0 heteroatoms. The highest BCUT2D eigenvalue weighted by Gasteiger charge is 2.32. The van der Waals surface area contributed by atoms with Gasteiger partial charge >= 0.3 is 0 Å². The molecule has 0 N–H and O–H groups in total. The first-order chi connectivity index (χ1) is 6.87. The lowest BCUT2D eigenvalue weighted by molar-refractivity contribution is 0.111. The van der Waals surface area contributed by atoms with Crippen LogP contribution in [-0.4, -0.2) is 0 Å². The first-order valence-electron chi connectivity index (χ1n) is 6.87. The van der Waals surface area contributed by atoms with Crippen molar-refractivity contribution < 1.29 is 0 Å². The maximum atomic E-state index is 2.46. The van der Waals surface area contributed by atoms with Crippen molar-refractivity contribution in [3.8, 4) is 0 Å². The van der Waals surface area contributed by atoms with E-state index in [1.165, 1.54) is 32.1 Å². The smallest absolute Gasteiger partial charge is 0.0305 e. The van der Waals surface area contributed by atoms with Gasteiger partial charge in [-0.3, -0.25) is 0 Å². The highest BCUT2D eigenvalue weighted by molar-refractivity contribution is 4.83. The van der Waals surface area contributed by atoms with Crippen molar-refractivity contribution in [2.45, 2.75) is 80.6 Å². The summed E-state index contributed by atoms with van der Waals surface area (Å²) in [6.45, 7) is 16.7. The lowest BCUT2D eigenvalue weighted by atomic mass is 9.66. The van der Waals surface area contributed by atoms with E-state index in [1.54, 1.807) is 0 Å². The minimum atomic E-state index is 0.547. The minimum Gasteiger partial charge on any atom is -0.0649 e. The van der Waals surface area contributed by atoms with E-state index >= 15 is 0 Å². The zero-order valence-electron chi connectivity index (χ0n) is 12.1. The molecule has 0 bridgehead atoms. The van der Waals surface area contributed by atoms with Crippen molar-refractivity contribution in [3.05, 3.63) is 0 Å². The molecular weight excluding hydrogens is 180 g/mol. The van der Waals surface area contributed by atoms with E-state index in [9.17, 15) is 0 Å². The van der Waals surface area contributed by atoms with E-state index in [0.29, 0.717) is 10.8 Å². The van der Waals surface area contributed by atoms with Gasteiger partial charge in [0, 0.05) is 0 Å². The predicted octanol–water partition coefficient (Wildman–Crippen LogP) is 5.67. The van der Waals surface area contributed by atoms with E-state index in [4.69, 9.17) is 0 Å². The van der Waals surface area contributed by atoms with E-state index in [2.05, 4.69) is 48.5 Å². The average molecular weight is 212 g/mol. The first-order valence-corrected chi connectivity index (χ1v) is 6.87. The molecule has 0 aliphatic rings. The molecule has 0 aromatic rings. The lowest BCUT2D eigenvalue weighted by Crippen LogP contribution is -2.29. The van der Waals surface area contributed by atoms with Crippen LogP contribution in [0.2, 0.25) is 0 Å². The summed E-state index contributed by atoms with van der Waals surface area (Å²) in [5.41, 5.74) is 1.11. The van der Waals surface area contributed by atoms with Crippen molar-refractivity contribution in [1.82, 2.24) is 0 Å². The summed E-state index contributed by atoms with van der Waals surface area (Å²) in [5.74, 6) is 0.845. The Kier molecular flexibility index (Phi) is 5.92. The molecule has 0 saturated carbocycles. The number of hydrogen-bond donors (Lipinski definition) is 0. The fourth-order valence-electron chi connectivity index (χ4n) is 2.47. The first kappa shape index (κ1) is 15.0. The second kappa shape index (κ2) is 5.92. The van der Waals surface area contributed by atoms with Crippen molar-refractivity contribution in [3.63, 3.8) is 0 Å². The van der Waals surface area contributed by atoms with E-state index in [1.807, 2.05) is 0 Å². The van der Waals surface area contributed by atoms with Gasteiger partial charge in [0.25, 0.3) is 0 Å². The summed E-state index contributed by atoms with van der Waals surface area (Å²) >= 11 is 0. The minimum absolute atomic E-state index is 0.547. The van der Waals surface area contributed by atoms with Gasteiger partial charge in [-0.15, -0.1) is 0 Å². The molecule has 0 rings (SSSR count). The summed E-state index contributed by atoms with van der Waals surface area (Å²) in [4.78, 5) is 0. The molecule has 0 fully saturated rings. The van der Waals surface area contributed by atoms with E-state index in [0.717, 1.165) is 5.92 Å². The molecule has 0 saturated heterocycles. The molecule has 15 heavy (non-hydrogen) atoms. The quantitative estimate of drug-likeness (QED) is 0.510. The summed E-state index contributed by atoms with van der Waals surface area (Å²) in [6.07, 6.45) is 6.65. The third-order valence-electron chi connectivity index (χ3n) is 5.31. The predicted molar refractivity (Wildman–Crippen MR) is 71.2 cm³/mol. The Morgan fingerprint density at radius 3 is 1.47 bits per heavy atom. The van der Waals surface area contributed by atoms with Crippen LogP contribution in [-0.2, 0) is 0 Å². The summed E-state index contributed by atoms with van der Waals surface area (Å²) in [6, 6.07) is 0. The average Bonchev–Trinajstić information content (AvgIpc) is 2.27. The van der Waals surface area contributed by atoms with Crippen LogP contribution in [0, 0.1) is 16.7 Å². The Bertz CT molecular complexity index is 161. The van der Waals surface area contributed by atoms with Crippen molar-refractivity contribution >= 4 is 0 Å². The summed E-state index contributed by atoms with van der Waals surface area (Å²) in [5, 5.41) is 0. The molecule has 0 aliphatic carbocycles. The van der Waals surface area contributed by atoms with Gasteiger partial charge in [-0.2, -0.15) is 0 Å². The SMILES string of the molecule is CCC(C)(CC)CC(C)C(C)(CC)CC. The molecule has 0 spiro atoms. The Morgan fingerprint density at radius 1 is 0.800 bits per heavy atom. The van der Waals surface area contributed by atoms with E-state index < -0.39 is 0 Å². The number of rotatable bonds is 7. The van der Waals surface area contributed by atoms with Crippen LogP contribution < -0.4 is 0 Å². The summed E-state index contributed by atoms with van der Waals surface area (Å²) < 4.78 is 0. The van der Waals surface area contributed by atoms with Gasteiger partial charge in [0.1, 0.15) is 0 Å². The van der Waals surface area contributed by atoms with Gasteiger partial charge in [0.2, 0.25) is 0 Å². The highest BCUT2D eigenvalue weighted by Crippen LogP contribution is 2.43. The van der Waals surface area contributed by atoms with Crippen LogP contribution in [0.15, 0.2) is 0 Å². The fourth-order valence-corrected chi connectivity index (χ4v) is 2.47. The van der Waals surface area contributed by atoms with Gasteiger partial charge in [0.05, 0.1) is 0 Å². The standard InChI is InChI=1S/C15H32/c1-8-14(6,9-2)12-13(5)15(7,10-3)11-4/h13H,8-12H2,1-7H3. The Morgan fingerprint density at radius 2 is 1.20 bits per heavy atom. The third-order valence-corrected chi connectivity index (χ3v) is 5.31. The van der Waals surface area contributed by atoms with Gasteiger partial charge in [-0.05, 0) is 23.2 Å². The van der Waals surface area contributed by atoms with Crippen molar-refractivity contribution in [2.75, 3.05) is 0 Å². The Hall–Kier alpha value is 0. The second-order valence-electron chi connectivity index (χ2n) is 5.98. The van der Waals surface area contributed by atoms with E-state index in [-0.39, 0.29) is 0 Å². The lowest BCUT2D eigenvalue weighted by Gasteiger charge is -2.40.